The number of fused-ring (bicyclic) bond motifs is 1. The van der Waals surface area contributed by atoms with Gasteiger partial charge in [-0.3, -0.25) is 14.3 Å². The Labute approximate surface area is 251 Å². The summed E-state index contributed by atoms with van der Waals surface area (Å²) in [7, 11) is 1.63. The maximum atomic E-state index is 13.7. The molecular formula is C32H31F2N7O3. The molecule has 0 aliphatic heterocycles. The highest BCUT2D eigenvalue weighted by Gasteiger charge is 2.21. The zero-order valence-electron chi connectivity index (χ0n) is 24.2. The maximum absolute atomic E-state index is 13.7. The number of benzene rings is 3. The molecule has 0 bridgehead atoms. The summed E-state index contributed by atoms with van der Waals surface area (Å²) >= 11 is 0. The van der Waals surface area contributed by atoms with Gasteiger partial charge < -0.3 is 21.1 Å². The number of carbonyl (C=O) groups is 1. The van der Waals surface area contributed by atoms with Gasteiger partial charge in [0.05, 0.1) is 6.54 Å². The van der Waals surface area contributed by atoms with Crippen molar-refractivity contribution in [3.63, 3.8) is 0 Å². The van der Waals surface area contributed by atoms with Crippen molar-refractivity contribution >= 4 is 34.5 Å². The first kappa shape index (κ1) is 30.1. The quantitative estimate of drug-likeness (QED) is 0.207. The molecular weight excluding hydrogens is 568 g/mol. The molecule has 0 radical (unpaired) electrons. The summed E-state index contributed by atoms with van der Waals surface area (Å²) in [5.41, 5.74) is 8.20. The van der Waals surface area contributed by atoms with Crippen molar-refractivity contribution in [2.45, 2.75) is 13.5 Å². The molecule has 0 aliphatic rings. The van der Waals surface area contributed by atoms with Gasteiger partial charge in [-0.2, -0.15) is 0 Å². The van der Waals surface area contributed by atoms with Crippen LogP contribution in [0.3, 0.4) is 0 Å². The van der Waals surface area contributed by atoms with Crippen LogP contribution in [0.2, 0.25) is 0 Å². The second-order valence-electron chi connectivity index (χ2n) is 9.99. The van der Waals surface area contributed by atoms with E-state index in [4.69, 9.17) is 10.5 Å². The number of ether oxygens (including phenoxy) is 1. The highest BCUT2D eigenvalue weighted by Crippen LogP contribution is 2.28. The third-order valence-electron chi connectivity index (χ3n) is 6.97. The summed E-state index contributed by atoms with van der Waals surface area (Å²) in [5.74, 6) is -1.56. The highest BCUT2D eigenvalue weighted by molar-refractivity contribution is 5.95. The van der Waals surface area contributed by atoms with Crippen LogP contribution >= 0.6 is 0 Å². The molecule has 2 heterocycles. The van der Waals surface area contributed by atoms with Crippen LogP contribution in [0.4, 0.5) is 20.4 Å². The molecule has 10 nitrogen and oxygen atoms in total. The number of carbonyl (C=O) groups excluding carboxylic acids is 1. The molecule has 0 saturated heterocycles. The number of hydrogen-bond donors (Lipinski definition) is 3. The van der Waals surface area contributed by atoms with Crippen LogP contribution in [-0.2, 0) is 13.6 Å². The van der Waals surface area contributed by atoms with Gasteiger partial charge in [-0.1, -0.05) is 36.4 Å². The molecule has 5 aromatic rings. The van der Waals surface area contributed by atoms with Crippen LogP contribution in [0.15, 0.2) is 77.7 Å². The van der Waals surface area contributed by atoms with Gasteiger partial charge in [0.1, 0.15) is 23.4 Å². The van der Waals surface area contributed by atoms with Gasteiger partial charge in [0.15, 0.2) is 11.6 Å². The van der Waals surface area contributed by atoms with Gasteiger partial charge in [0.2, 0.25) is 5.95 Å². The number of para-hydroxylation sites is 1. The summed E-state index contributed by atoms with van der Waals surface area (Å²) in [6.45, 7) is 2.39. The Kier molecular flexibility index (Phi) is 9.10. The van der Waals surface area contributed by atoms with Gasteiger partial charge in [0.25, 0.3) is 11.5 Å². The summed E-state index contributed by atoms with van der Waals surface area (Å²) < 4.78 is 35.7. The lowest BCUT2D eigenvalue weighted by Gasteiger charge is -2.11. The average molecular weight is 600 g/mol. The Morgan fingerprint density at radius 1 is 1.09 bits per heavy atom. The number of nitrogens with one attached hydrogen (secondary N) is 2. The predicted molar refractivity (Wildman–Crippen MR) is 165 cm³/mol. The number of rotatable bonds is 11. The second kappa shape index (κ2) is 13.3. The lowest BCUT2D eigenvalue weighted by molar-refractivity contribution is 0.0956. The predicted octanol–water partition coefficient (Wildman–Crippen LogP) is 4.29. The third kappa shape index (κ3) is 6.65. The fourth-order valence-electron chi connectivity index (χ4n) is 4.67. The van der Waals surface area contributed by atoms with Gasteiger partial charge in [-0.25, -0.2) is 23.4 Å². The first-order chi connectivity index (χ1) is 21.2. The smallest absolute Gasteiger partial charge is 0.280 e. The lowest BCUT2D eigenvalue weighted by atomic mass is 10.1. The molecule has 0 unspecified atom stereocenters. The molecule has 0 atom stereocenters. The van der Waals surface area contributed by atoms with Crippen molar-refractivity contribution in [3.05, 3.63) is 117 Å². The van der Waals surface area contributed by atoms with Crippen LogP contribution < -0.4 is 26.7 Å². The zero-order valence-corrected chi connectivity index (χ0v) is 24.2. The maximum Gasteiger partial charge on any atom is 0.280 e. The summed E-state index contributed by atoms with van der Waals surface area (Å²) in [6.07, 6.45) is 5.26. The molecule has 0 saturated carbocycles. The van der Waals surface area contributed by atoms with E-state index in [1.807, 2.05) is 48.5 Å². The molecule has 0 fully saturated rings. The topological polar surface area (TPSA) is 129 Å². The van der Waals surface area contributed by atoms with E-state index >= 15 is 0 Å². The Hall–Kier alpha value is -5.36. The highest BCUT2D eigenvalue weighted by atomic mass is 19.2. The molecule has 3 aromatic carbocycles. The fraction of sp³-hybridized carbons (Fsp3) is 0.188. The zero-order chi connectivity index (χ0) is 31.2. The molecule has 226 valence electrons. The molecule has 1 amide bonds. The Morgan fingerprint density at radius 3 is 2.64 bits per heavy atom. The molecule has 0 spiro atoms. The first-order valence-corrected chi connectivity index (χ1v) is 13.9. The van der Waals surface area contributed by atoms with Crippen LogP contribution in [0.1, 0.15) is 27.2 Å². The minimum atomic E-state index is -1.01. The number of hydrogen-bond acceptors (Lipinski definition) is 7. The average Bonchev–Trinajstić information content (AvgIpc) is 3.23. The Morgan fingerprint density at radius 2 is 1.89 bits per heavy atom. The van der Waals surface area contributed by atoms with Crippen LogP contribution in [-0.4, -0.2) is 44.9 Å². The SMILES string of the molecule is Cc1c(C(=O)NCC=Cc2cc(OCCN)c3nc(Nc4ccccc4)ncc3c2)c(=O)n(Cc2ccc(F)c(F)c2)n1C. The molecule has 5 rings (SSSR count). The van der Waals surface area contributed by atoms with E-state index in [1.54, 1.807) is 26.2 Å². The molecule has 4 N–H and O–H groups in total. The van der Waals surface area contributed by atoms with E-state index in [2.05, 4.69) is 20.6 Å². The van der Waals surface area contributed by atoms with Crippen LogP contribution in [0, 0.1) is 18.6 Å². The van der Waals surface area contributed by atoms with Gasteiger partial charge in [-0.05, 0) is 54.4 Å². The number of nitrogens with zero attached hydrogens (tertiary/aromatic N) is 4. The van der Waals surface area contributed by atoms with Gasteiger partial charge in [0, 0.05) is 43.1 Å². The standard InChI is InChI=1S/C32H31F2N7O3/c1-20-28(31(43)41(40(20)2)19-22-10-11-25(33)26(34)16-22)30(42)36-13-6-7-21-15-23-18-37-32(38-24-8-4-3-5-9-24)39-29(23)27(17-21)44-14-12-35/h3-11,15-18H,12-14,19,35H2,1-2H3,(H,36,42)(H,37,38,39). The monoisotopic (exact) mass is 599 g/mol. The minimum Gasteiger partial charge on any atom is -0.490 e. The summed E-state index contributed by atoms with van der Waals surface area (Å²) in [5, 5.41) is 6.68. The van der Waals surface area contributed by atoms with E-state index in [9.17, 15) is 18.4 Å². The van der Waals surface area contributed by atoms with Gasteiger partial charge in [-0.15, -0.1) is 0 Å². The molecule has 2 aromatic heterocycles. The van der Waals surface area contributed by atoms with Crippen molar-refractivity contribution in [2.24, 2.45) is 12.8 Å². The number of nitrogens with two attached hydrogens (primary N) is 1. The third-order valence-corrected chi connectivity index (χ3v) is 6.97. The van der Waals surface area contributed by atoms with Crippen molar-refractivity contribution in [2.75, 3.05) is 25.0 Å². The van der Waals surface area contributed by atoms with E-state index in [0.717, 1.165) is 28.8 Å². The molecule has 44 heavy (non-hydrogen) atoms. The molecule has 0 aliphatic carbocycles. The van der Waals surface area contributed by atoms with E-state index in [1.165, 1.54) is 15.4 Å². The van der Waals surface area contributed by atoms with E-state index in [0.29, 0.717) is 41.6 Å². The fourth-order valence-corrected chi connectivity index (χ4v) is 4.67. The minimum absolute atomic E-state index is 0.0232. The normalized spacial score (nSPS) is 11.3. The van der Waals surface area contributed by atoms with E-state index < -0.39 is 23.1 Å². The summed E-state index contributed by atoms with van der Waals surface area (Å²) in [4.78, 5) is 35.1. The van der Waals surface area contributed by atoms with Crippen LogP contribution in [0.25, 0.3) is 17.0 Å². The first-order valence-electron chi connectivity index (χ1n) is 13.9. The number of aromatic nitrogens is 4. The van der Waals surface area contributed by atoms with Crippen LogP contribution in [0.5, 0.6) is 5.75 Å². The Bertz CT molecular complexity index is 1900. The number of amides is 1. The van der Waals surface area contributed by atoms with Crippen molar-refractivity contribution in [3.8, 4) is 5.75 Å². The Balaban J connectivity index is 1.30. The second-order valence-corrected chi connectivity index (χ2v) is 9.99. The van der Waals surface area contributed by atoms with Crippen molar-refractivity contribution < 1.29 is 18.3 Å². The molecule has 12 heteroatoms. The number of anilines is 2. The largest absolute Gasteiger partial charge is 0.490 e. The summed E-state index contributed by atoms with van der Waals surface area (Å²) in [6, 6.07) is 16.7. The van der Waals surface area contributed by atoms with Gasteiger partial charge >= 0.3 is 0 Å². The number of halogens is 2. The van der Waals surface area contributed by atoms with E-state index in [-0.39, 0.29) is 18.7 Å². The van der Waals surface area contributed by atoms with Crippen molar-refractivity contribution in [1.29, 1.82) is 0 Å². The lowest BCUT2D eigenvalue weighted by Crippen LogP contribution is -2.31. The van der Waals surface area contributed by atoms with Crippen molar-refractivity contribution in [1.82, 2.24) is 24.6 Å².